The number of methoxy groups -OCH3 is 1. The van der Waals surface area contributed by atoms with Gasteiger partial charge in [-0.05, 0) is 30.3 Å². The van der Waals surface area contributed by atoms with Crippen molar-refractivity contribution in [2.75, 3.05) is 24.3 Å². The van der Waals surface area contributed by atoms with E-state index in [0.717, 1.165) is 27.7 Å². The first kappa shape index (κ1) is 23.3. The third kappa shape index (κ3) is 4.46. The zero-order valence-electron chi connectivity index (χ0n) is 19.9. The van der Waals surface area contributed by atoms with Crippen molar-refractivity contribution in [3.8, 4) is 22.4 Å². The number of aromatic amines is 1. The molecule has 5 rings (SSSR count). The van der Waals surface area contributed by atoms with Gasteiger partial charge >= 0.3 is 5.97 Å². The van der Waals surface area contributed by atoms with Gasteiger partial charge in [-0.3, -0.25) is 4.79 Å². The number of hydrogen-bond acceptors (Lipinski definition) is 7. The zero-order chi connectivity index (χ0) is 25.4. The number of fused-ring (bicyclic) bond motifs is 1. The van der Waals surface area contributed by atoms with Crippen LogP contribution in [0.3, 0.4) is 0 Å². The highest BCUT2D eigenvalue weighted by molar-refractivity contribution is 6.30. The molecule has 1 aromatic carbocycles. The summed E-state index contributed by atoms with van der Waals surface area (Å²) in [5.41, 5.74) is 11.0. The second kappa shape index (κ2) is 9.31. The summed E-state index contributed by atoms with van der Waals surface area (Å²) in [4.78, 5) is 30.6. The van der Waals surface area contributed by atoms with Crippen LogP contribution in [0.2, 0.25) is 5.02 Å². The van der Waals surface area contributed by atoms with Gasteiger partial charge in [0.05, 0.1) is 31.6 Å². The molecule has 0 bridgehead atoms. The molecule has 0 fully saturated rings. The second-order valence-electron chi connectivity index (χ2n) is 8.29. The summed E-state index contributed by atoms with van der Waals surface area (Å²) in [7, 11) is 5.29. The Morgan fingerprint density at radius 1 is 1.22 bits per heavy atom. The number of nitrogen functional groups attached to an aromatic ring is 1. The SMILES string of the molecule is COC(=O)CN(c1ccc(Cl)cc1)c1cc(-c2c[nH]c3ncc(-c4cn(C)[n+](C)c4)cc23)nc(N)n1. The number of H-pyrrole nitrogens is 1. The maximum absolute atomic E-state index is 12.2. The van der Waals surface area contributed by atoms with Crippen molar-refractivity contribution in [1.82, 2.24) is 24.6 Å². The number of esters is 1. The molecule has 0 saturated heterocycles. The number of nitrogens with zero attached hydrogens (tertiary/aromatic N) is 6. The van der Waals surface area contributed by atoms with Crippen LogP contribution in [0.4, 0.5) is 17.5 Å². The number of nitrogens with one attached hydrogen (secondary N) is 1. The summed E-state index contributed by atoms with van der Waals surface area (Å²) in [5, 5.41) is 1.46. The Morgan fingerprint density at radius 2 is 2.00 bits per heavy atom. The van der Waals surface area contributed by atoms with Gasteiger partial charge in [-0.15, -0.1) is 4.68 Å². The summed E-state index contributed by atoms with van der Waals surface area (Å²) >= 11 is 6.07. The Morgan fingerprint density at radius 3 is 2.69 bits per heavy atom. The molecule has 0 unspecified atom stereocenters. The normalized spacial score (nSPS) is 11.1. The number of aryl methyl sites for hydroxylation is 2. The third-order valence-electron chi connectivity index (χ3n) is 5.95. The molecular weight excluding hydrogens is 480 g/mol. The van der Waals surface area contributed by atoms with E-state index in [9.17, 15) is 4.79 Å². The lowest BCUT2D eigenvalue weighted by Gasteiger charge is -2.23. The van der Waals surface area contributed by atoms with Crippen molar-refractivity contribution in [3.05, 3.63) is 66.2 Å². The zero-order valence-corrected chi connectivity index (χ0v) is 20.7. The third-order valence-corrected chi connectivity index (χ3v) is 6.20. The van der Waals surface area contributed by atoms with Crippen molar-refractivity contribution in [3.63, 3.8) is 0 Å². The molecule has 182 valence electrons. The molecule has 0 atom stereocenters. The van der Waals surface area contributed by atoms with Crippen molar-refractivity contribution >= 4 is 46.1 Å². The number of ether oxygens (including phenoxy) is 1. The first-order valence-electron chi connectivity index (χ1n) is 11.1. The lowest BCUT2D eigenvalue weighted by atomic mass is 10.1. The fraction of sp³-hybridized carbons (Fsp3) is 0.160. The van der Waals surface area contributed by atoms with E-state index in [4.69, 9.17) is 22.1 Å². The highest BCUT2D eigenvalue weighted by Crippen LogP contribution is 2.33. The molecule has 0 radical (unpaired) electrons. The quantitative estimate of drug-likeness (QED) is 0.269. The van der Waals surface area contributed by atoms with Gasteiger partial charge in [-0.2, -0.15) is 9.67 Å². The van der Waals surface area contributed by atoms with Crippen LogP contribution in [0.5, 0.6) is 0 Å². The fourth-order valence-corrected chi connectivity index (χ4v) is 4.11. The summed E-state index contributed by atoms with van der Waals surface area (Å²) in [5.74, 6) is 0.0827. The molecule has 4 aromatic heterocycles. The summed E-state index contributed by atoms with van der Waals surface area (Å²) < 4.78 is 8.88. The van der Waals surface area contributed by atoms with E-state index >= 15 is 0 Å². The van der Waals surface area contributed by atoms with Gasteiger partial charge in [0.2, 0.25) is 12.1 Å². The van der Waals surface area contributed by atoms with E-state index in [-0.39, 0.29) is 12.5 Å². The highest BCUT2D eigenvalue weighted by Gasteiger charge is 2.20. The van der Waals surface area contributed by atoms with Crippen LogP contribution in [0, 0.1) is 0 Å². The number of nitrogens with two attached hydrogens (primary N) is 1. The molecule has 0 spiro atoms. The van der Waals surface area contributed by atoms with Gasteiger partial charge in [0.25, 0.3) is 0 Å². The summed E-state index contributed by atoms with van der Waals surface area (Å²) in [6, 6.07) is 10.9. The standard InChI is InChI=1S/C25H24ClN8O2/c1-32-12-16(13-33(32)2)15-8-19-20(11-29-24(19)28-10-15)21-9-22(31-25(27)30-21)34(14-23(35)36-3)18-6-4-17(26)5-7-18/h4-13H,14H2,1-3H3,(H,28,29)(H2,27,30,31)/q+1. The topological polar surface area (TPSA) is 119 Å². The van der Waals surface area contributed by atoms with Crippen LogP contribution < -0.4 is 15.3 Å². The molecule has 11 heteroatoms. The van der Waals surface area contributed by atoms with Crippen LogP contribution in [0.25, 0.3) is 33.4 Å². The minimum Gasteiger partial charge on any atom is -0.468 e. The minimum atomic E-state index is -0.430. The highest BCUT2D eigenvalue weighted by atomic mass is 35.5. The Labute approximate surface area is 211 Å². The van der Waals surface area contributed by atoms with E-state index < -0.39 is 5.97 Å². The average molecular weight is 504 g/mol. The van der Waals surface area contributed by atoms with Crippen molar-refractivity contribution in [2.45, 2.75) is 0 Å². The number of rotatable bonds is 6. The Bertz CT molecular complexity index is 1560. The molecule has 0 saturated carbocycles. The first-order chi connectivity index (χ1) is 17.3. The van der Waals surface area contributed by atoms with Crippen LogP contribution in [-0.2, 0) is 23.6 Å². The average Bonchev–Trinajstić information content (AvgIpc) is 3.45. The van der Waals surface area contributed by atoms with Gasteiger partial charge in [0.1, 0.15) is 18.0 Å². The maximum Gasteiger partial charge on any atom is 0.325 e. The van der Waals surface area contributed by atoms with Gasteiger partial charge in [0.15, 0.2) is 7.05 Å². The van der Waals surface area contributed by atoms with Crippen LogP contribution in [0.15, 0.2) is 61.2 Å². The smallest absolute Gasteiger partial charge is 0.325 e. The van der Waals surface area contributed by atoms with E-state index in [1.165, 1.54) is 7.11 Å². The Hall–Kier alpha value is -4.44. The summed E-state index contributed by atoms with van der Waals surface area (Å²) in [6.07, 6.45) is 7.74. The molecule has 3 N–H and O–H groups in total. The van der Waals surface area contributed by atoms with Crippen molar-refractivity contribution < 1.29 is 14.2 Å². The van der Waals surface area contributed by atoms with Crippen LogP contribution >= 0.6 is 11.6 Å². The number of aromatic nitrogens is 6. The van der Waals surface area contributed by atoms with E-state index in [2.05, 4.69) is 26.0 Å². The number of pyridine rings is 1. The van der Waals surface area contributed by atoms with Gasteiger partial charge in [-0.1, -0.05) is 11.6 Å². The second-order valence-corrected chi connectivity index (χ2v) is 8.73. The van der Waals surface area contributed by atoms with Gasteiger partial charge < -0.3 is 20.4 Å². The lowest BCUT2D eigenvalue weighted by Crippen LogP contribution is -2.35. The van der Waals surface area contributed by atoms with Crippen molar-refractivity contribution in [1.29, 1.82) is 0 Å². The summed E-state index contributed by atoms with van der Waals surface area (Å²) in [6.45, 7) is -0.0708. The molecule has 4 heterocycles. The predicted octanol–water partition coefficient (Wildman–Crippen LogP) is 3.40. The molecule has 0 aliphatic carbocycles. The van der Waals surface area contributed by atoms with E-state index in [0.29, 0.717) is 22.2 Å². The number of hydrogen-bond donors (Lipinski definition) is 2. The molecule has 36 heavy (non-hydrogen) atoms. The van der Waals surface area contributed by atoms with Gasteiger partial charge in [-0.25, -0.2) is 9.97 Å². The number of benzene rings is 1. The monoisotopic (exact) mass is 503 g/mol. The first-order valence-corrected chi connectivity index (χ1v) is 11.4. The predicted molar refractivity (Wildman–Crippen MR) is 138 cm³/mol. The molecular formula is C25H24ClN8O2+. The Kier molecular flexibility index (Phi) is 6.03. The van der Waals surface area contributed by atoms with E-state index in [1.54, 1.807) is 35.2 Å². The molecule has 0 amide bonds. The van der Waals surface area contributed by atoms with E-state index in [1.807, 2.05) is 48.2 Å². The fourth-order valence-electron chi connectivity index (χ4n) is 3.99. The largest absolute Gasteiger partial charge is 0.468 e. The minimum absolute atomic E-state index is 0.0693. The van der Waals surface area contributed by atoms with Gasteiger partial charge in [0, 0.05) is 45.7 Å². The lowest BCUT2D eigenvalue weighted by molar-refractivity contribution is -0.751. The molecule has 0 aliphatic rings. The maximum atomic E-state index is 12.2. The molecule has 10 nitrogen and oxygen atoms in total. The molecule has 0 aliphatic heterocycles. The van der Waals surface area contributed by atoms with Crippen molar-refractivity contribution in [2.24, 2.45) is 14.1 Å². The van der Waals surface area contributed by atoms with Crippen LogP contribution in [0.1, 0.15) is 0 Å². The number of anilines is 3. The van der Waals surface area contributed by atoms with Crippen LogP contribution in [-0.4, -0.2) is 44.2 Å². The number of halogens is 1. The molecule has 5 aromatic rings. The Balaban J connectivity index is 1.61. The number of carbonyl (C=O) groups is 1. The number of carbonyl (C=O) groups excluding carboxylic acids is 1.